The van der Waals surface area contributed by atoms with E-state index < -0.39 is 0 Å². The molecular weight excluding hydrogens is 568 g/mol. The maximum atomic E-state index is 12.1. The van der Waals surface area contributed by atoms with Crippen LogP contribution >= 0.6 is 0 Å². The summed E-state index contributed by atoms with van der Waals surface area (Å²) in [5.41, 5.74) is 6.57. The van der Waals surface area contributed by atoms with Gasteiger partial charge in [-0.3, -0.25) is 4.79 Å². The zero-order valence-corrected chi connectivity index (χ0v) is 25.9. The highest BCUT2D eigenvalue weighted by Crippen LogP contribution is 2.38. The molecule has 3 heterocycles. The van der Waals surface area contributed by atoms with Crippen LogP contribution in [0.1, 0.15) is 43.9 Å². The van der Waals surface area contributed by atoms with Crippen LogP contribution in [-0.4, -0.2) is 49.0 Å². The zero-order chi connectivity index (χ0) is 31.5. The first-order valence-electron chi connectivity index (χ1n) is 15.0. The number of hydrogen-bond acceptors (Lipinski definition) is 9. The average molecular weight is 605 g/mol. The maximum Gasteiger partial charge on any atom is 0.243 e. The Morgan fingerprint density at radius 2 is 1.98 bits per heavy atom. The van der Waals surface area contributed by atoms with Crippen LogP contribution < -0.4 is 20.1 Å². The number of allylic oxidation sites excluding steroid dienone is 1. The molecule has 1 aliphatic carbocycles. The van der Waals surface area contributed by atoms with Crippen molar-refractivity contribution < 1.29 is 14.3 Å². The summed E-state index contributed by atoms with van der Waals surface area (Å²) in [6.07, 6.45) is 8.79. The molecular formula is C34H36N8O3. The van der Waals surface area contributed by atoms with Crippen molar-refractivity contribution in [1.82, 2.24) is 35.3 Å². The number of ether oxygens (including phenoxy) is 2. The van der Waals surface area contributed by atoms with Crippen molar-refractivity contribution >= 4 is 45.1 Å². The van der Waals surface area contributed by atoms with E-state index in [1.165, 1.54) is 12.4 Å². The molecule has 0 saturated heterocycles. The van der Waals surface area contributed by atoms with Gasteiger partial charge in [-0.05, 0) is 79.6 Å². The largest absolute Gasteiger partial charge is 0.494 e. The molecule has 0 saturated carbocycles. The van der Waals surface area contributed by atoms with Crippen LogP contribution in [0.15, 0.2) is 67.5 Å². The number of carbonyl (C=O) groups is 1. The summed E-state index contributed by atoms with van der Waals surface area (Å²) < 4.78 is 13.7. The molecule has 3 aromatic heterocycles. The number of pyridine rings is 1. The van der Waals surface area contributed by atoms with Crippen LogP contribution in [0.25, 0.3) is 27.6 Å². The Balaban J connectivity index is 1.31. The van der Waals surface area contributed by atoms with Gasteiger partial charge in [0.25, 0.3) is 0 Å². The minimum atomic E-state index is -0.177. The summed E-state index contributed by atoms with van der Waals surface area (Å²) in [7, 11) is 3.47. The third kappa shape index (κ3) is 6.33. The van der Waals surface area contributed by atoms with E-state index in [4.69, 9.17) is 14.5 Å². The molecule has 230 valence electrons. The molecule has 1 amide bonds. The molecule has 0 spiro atoms. The van der Waals surface area contributed by atoms with Crippen molar-refractivity contribution in [3.05, 3.63) is 78.8 Å². The van der Waals surface area contributed by atoms with Crippen LogP contribution in [0.3, 0.4) is 0 Å². The molecule has 0 bridgehead atoms. The van der Waals surface area contributed by atoms with Gasteiger partial charge in [0, 0.05) is 25.2 Å². The van der Waals surface area contributed by atoms with Gasteiger partial charge in [0.05, 0.1) is 29.5 Å². The molecule has 1 aliphatic rings. The molecule has 2 N–H and O–H groups in total. The number of nitrogens with one attached hydrogen (secondary N) is 2. The molecule has 11 heteroatoms. The number of hydrogen-bond donors (Lipinski definition) is 2. The Bertz CT molecular complexity index is 1930. The monoisotopic (exact) mass is 604 g/mol. The Labute approximate surface area is 261 Å². The topological polar surface area (TPSA) is 129 Å². The van der Waals surface area contributed by atoms with Crippen molar-refractivity contribution in [3.8, 4) is 17.2 Å². The second-order valence-corrected chi connectivity index (χ2v) is 11.3. The first-order chi connectivity index (χ1) is 21.8. The van der Waals surface area contributed by atoms with E-state index in [1.807, 2.05) is 56.4 Å². The molecule has 0 aliphatic heterocycles. The average Bonchev–Trinajstić information content (AvgIpc) is 3.29. The lowest BCUT2D eigenvalue weighted by molar-refractivity contribution is -0.116. The second kappa shape index (κ2) is 12.7. The summed E-state index contributed by atoms with van der Waals surface area (Å²) in [6.45, 7) is 7.78. The highest BCUT2D eigenvalue weighted by Gasteiger charge is 2.22. The van der Waals surface area contributed by atoms with E-state index in [0.717, 1.165) is 53.5 Å². The van der Waals surface area contributed by atoms with Crippen molar-refractivity contribution in [2.75, 3.05) is 12.4 Å². The minimum Gasteiger partial charge on any atom is -0.494 e. The molecule has 0 radical (unpaired) electrons. The molecule has 0 fully saturated rings. The Kier molecular flexibility index (Phi) is 8.41. The van der Waals surface area contributed by atoms with Crippen molar-refractivity contribution in [2.24, 2.45) is 13.0 Å². The number of aromatic nitrogens is 6. The zero-order valence-electron chi connectivity index (χ0n) is 25.9. The summed E-state index contributed by atoms with van der Waals surface area (Å²) in [5, 5.41) is 14.7. The number of carbonyl (C=O) groups excluding carboxylic acids is 1. The maximum absolute atomic E-state index is 12.1. The summed E-state index contributed by atoms with van der Waals surface area (Å²) >= 11 is 0. The van der Waals surface area contributed by atoms with Gasteiger partial charge in [0.15, 0.2) is 5.82 Å². The predicted octanol–water partition coefficient (Wildman–Crippen LogP) is 6.42. The van der Waals surface area contributed by atoms with Gasteiger partial charge < -0.3 is 20.1 Å². The van der Waals surface area contributed by atoms with Gasteiger partial charge in [0.1, 0.15) is 34.6 Å². The fraction of sp³-hybridized carbons (Fsp3) is 0.294. The fourth-order valence-corrected chi connectivity index (χ4v) is 5.71. The Hall–Kier alpha value is -5.32. The van der Waals surface area contributed by atoms with Crippen LogP contribution in [0.5, 0.6) is 17.2 Å². The number of methoxy groups -OCH3 is 1. The van der Waals surface area contributed by atoms with Gasteiger partial charge in [-0.15, -0.1) is 5.10 Å². The molecule has 11 nitrogen and oxygen atoms in total. The first kappa shape index (κ1) is 29.7. The molecule has 6 rings (SSSR count). The normalized spacial score (nSPS) is 16.6. The third-order valence-corrected chi connectivity index (χ3v) is 8.26. The summed E-state index contributed by atoms with van der Waals surface area (Å²) in [5.74, 6) is 2.76. The quantitative estimate of drug-likeness (QED) is 0.183. The molecule has 2 unspecified atom stereocenters. The van der Waals surface area contributed by atoms with E-state index >= 15 is 0 Å². The predicted molar refractivity (Wildman–Crippen MR) is 175 cm³/mol. The number of amides is 1. The van der Waals surface area contributed by atoms with Crippen LogP contribution in [-0.2, 0) is 11.8 Å². The third-order valence-electron chi connectivity index (χ3n) is 8.26. The highest BCUT2D eigenvalue weighted by molar-refractivity contribution is 5.90. The van der Waals surface area contributed by atoms with Gasteiger partial charge in [-0.1, -0.05) is 31.2 Å². The van der Waals surface area contributed by atoms with Crippen LogP contribution in [0, 0.1) is 12.8 Å². The summed E-state index contributed by atoms with van der Waals surface area (Å²) in [6, 6.07) is 13.4. The Morgan fingerprint density at radius 1 is 1.11 bits per heavy atom. The van der Waals surface area contributed by atoms with Crippen LogP contribution in [0.2, 0.25) is 0 Å². The van der Waals surface area contributed by atoms with Crippen molar-refractivity contribution in [2.45, 2.75) is 45.6 Å². The molecule has 2 aromatic carbocycles. The molecule has 5 aromatic rings. The number of nitrogens with zero attached hydrogens (tertiary/aromatic N) is 6. The number of benzene rings is 2. The lowest BCUT2D eigenvalue weighted by Gasteiger charge is -2.17. The number of anilines is 2. The number of rotatable bonds is 9. The smallest absolute Gasteiger partial charge is 0.243 e. The highest BCUT2D eigenvalue weighted by atomic mass is 16.5. The lowest BCUT2D eigenvalue weighted by atomic mass is 9.93. The van der Waals surface area contributed by atoms with Crippen molar-refractivity contribution in [3.63, 3.8) is 0 Å². The number of fused-ring (bicyclic) bond motifs is 2. The van der Waals surface area contributed by atoms with E-state index in [-0.39, 0.29) is 11.9 Å². The van der Waals surface area contributed by atoms with E-state index in [2.05, 4.69) is 50.5 Å². The van der Waals surface area contributed by atoms with E-state index in [9.17, 15) is 4.79 Å². The van der Waals surface area contributed by atoms with Gasteiger partial charge in [0.2, 0.25) is 5.91 Å². The van der Waals surface area contributed by atoms with Gasteiger partial charge >= 0.3 is 0 Å². The minimum absolute atomic E-state index is 0.0836. The van der Waals surface area contributed by atoms with Crippen LogP contribution in [0.4, 0.5) is 11.5 Å². The fourth-order valence-electron chi connectivity index (χ4n) is 5.71. The Morgan fingerprint density at radius 3 is 2.78 bits per heavy atom. The molecule has 45 heavy (non-hydrogen) atoms. The van der Waals surface area contributed by atoms with Crippen molar-refractivity contribution in [1.29, 1.82) is 0 Å². The van der Waals surface area contributed by atoms with Gasteiger partial charge in [-0.25, -0.2) is 19.6 Å². The first-order valence-corrected chi connectivity index (χ1v) is 15.0. The SMILES string of the molecule is C=CC(=O)NC1C=C(c2ccc3ncnc(Nc4cc(C)c(Oc5ccc6c(c5)nnn6C)cc4OC)c3n2)CC(CC)CC1. The lowest BCUT2D eigenvalue weighted by Crippen LogP contribution is -2.31. The number of aryl methyl sites for hydroxylation is 2. The molecule has 2 atom stereocenters. The van der Waals surface area contributed by atoms with E-state index in [0.29, 0.717) is 45.7 Å². The van der Waals surface area contributed by atoms with Gasteiger partial charge in [-0.2, -0.15) is 0 Å². The summed E-state index contributed by atoms with van der Waals surface area (Å²) in [4.78, 5) is 26.2. The standard InChI is InChI=1S/C34H36N8O3/c1-6-21-8-9-23(37-32(43)7-2)16-22(15-21)25-11-12-26-33(38-25)34(36-19-35-26)39-28-14-20(3)30(18-31(28)44-5)45-24-10-13-29-27(17-24)40-41-42(29)4/h7,10-14,16-19,21,23H,2,6,8-9,15H2,1,3-5H3,(H,37,43)(H,35,36,39). The van der Waals surface area contributed by atoms with E-state index in [1.54, 1.807) is 11.8 Å². The second-order valence-electron chi connectivity index (χ2n) is 11.3.